The van der Waals surface area contributed by atoms with Crippen molar-refractivity contribution in [2.75, 3.05) is 0 Å². The highest BCUT2D eigenvalue weighted by molar-refractivity contribution is 6.13. The molecule has 0 radical (unpaired) electrons. The van der Waals surface area contributed by atoms with E-state index < -0.39 is 0 Å². The Morgan fingerprint density at radius 3 is 1.05 bits per heavy atom. The molecule has 9 heteroatoms. The lowest BCUT2D eigenvalue weighted by atomic mass is 10.0. The summed E-state index contributed by atoms with van der Waals surface area (Å²) in [4.78, 5) is 21.1. The van der Waals surface area contributed by atoms with Crippen LogP contribution >= 0.6 is 0 Å². The molecule has 342 valence electrons. The topological polar surface area (TPSA) is 96.3 Å². The van der Waals surface area contributed by atoms with E-state index in [9.17, 15) is 10.5 Å². The van der Waals surface area contributed by atoms with Crippen molar-refractivity contribution in [1.82, 2.24) is 19.1 Å². The highest BCUT2D eigenvalue weighted by Crippen LogP contribution is 2.44. The van der Waals surface area contributed by atoms with Crippen molar-refractivity contribution in [2.45, 2.75) is 13.8 Å². The fourth-order valence-corrected chi connectivity index (χ4v) is 10.3. The van der Waals surface area contributed by atoms with Crippen LogP contribution in [0.3, 0.4) is 0 Å². The van der Waals surface area contributed by atoms with Gasteiger partial charge in [-0.2, -0.15) is 10.5 Å². The third-order valence-corrected chi connectivity index (χ3v) is 13.8. The van der Waals surface area contributed by atoms with Crippen LogP contribution in [-0.2, 0) is 0 Å². The van der Waals surface area contributed by atoms with Gasteiger partial charge in [-0.05, 0) is 113 Å². The molecule has 12 rings (SSSR count). The number of hydrogen-bond acceptors (Lipinski definition) is 4. The van der Waals surface area contributed by atoms with E-state index in [4.69, 9.17) is 29.7 Å². The van der Waals surface area contributed by atoms with Crippen LogP contribution in [0.2, 0.25) is 0 Å². The second kappa shape index (κ2) is 17.8. The maximum absolute atomic E-state index is 11.6. The first-order valence-corrected chi connectivity index (χ1v) is 23.7. The predicted octanol–water partition coefficient (Wildman–Crippen LogP) is 17.0. The molecule has 0 atom stereocenters. The van der Waals surface area contributed by atoms with Crippen LogP contribution in [0.4, 0.5) is 17.1 Å². The Morgan fingerprint density at radius 2 is 0.716 bits per heavy atom. The first kappa shape index (κ1) is 44.3. The van der Waals surface area contributed by atoms with Crippen LogP contribution in [0.1, 0.15) is 22.5 Å². The van der Waals surface area contributed by atoms with Crippen molar-refractivity contribution in [2.24, 2.45) is 0 Å². The van der Waals surface area contributed by atoms with Crippen LogP contribution in [0.25, 0.3) is 125 Å². The second-order valence-corrected chi connectivity index (χ2v) is 18.2. The highest BCUT2D eigenvalue weighted by Gasteiger charge is 2.25. The summed E-state index contributed by atoms with van der Waals surface area (Å²) in [5, 5.41) is 25.2. The van der Waals surface area contributed by atoms with E-state index in [-0.39, 0.29) is 0 Å². The zero-order valence-corrected chi connectivity index (χ0v) is 39.9. The molecule has 3 heterocycles. The van der Waals surface area contributed by atoms with Crippen LogP contribution < -0.4 is 0 Å². The molecule has 0 unspecified atom stereocenters. The van der Waals surface area contributed by atoms with Gasteiger partial charge in [-0.25, -0.2) is 24.5 Å². The summed E-state index contributed by atoms with van der Waals surface area (Å²) in [5.74, 6) is 0.495. The Hall–Kier alpha value is -10.9. The van der Waals surface area contributed by atoms with Crippen LogP contribution in [0.15, 0.2) is 188 Å². The lowest BCUT2D eigenvalue weighted by Crippen LogP contribution is -2.06. The third kappa shape index (κ3) is 7.54. The summed E-state index contributed by atoms with van der Waals surface area (Å²) in [5.41, 5.74) is 17.4. The van der Waals surface area contributed by atoms with Crippen LogP contribution in [-0.4, -0.2) is 19.1 Å². The summed E-state index contributed by atoms with van der Waals surface area (Å²) >= 11 is 0. The molecule has 0 fully saturated rings. The zero-order chi connectivity index (χ0) is 50.6. The molecule has 0 saturated heterocycles. The Balaban J connectivity index is 1.19. The minimum atomic E-state index is 0.412. The Bertz CT molecular complexity index is 4270. The molecule has 9 nitrogen and oxygen atoms in total. The maximum atomic E-state index is 11.6. The Morgan fingerprint density at radius 1 is 0.378 bits per heavy atom. The standard InChI is InChI=1S/C65H37N9/c1-39-30-40(2)72-65(71-39)58-36-59(73-60-31-47(43-10-20-51(68-3)21-11-43)17-26-54(60)55-27-18-48(32-61(55)73)44-12-22-52(69-4)23-13-44)50(38-67)35-64(58)74-62-33-46(42-8-6-41(37-66)7-9-42)16-28-56(62)57-29-19-49(34-63(57)74)45-14-24-53(70-5)25-15-45/h6-36H,1-2H3. The van der Waals surface area contributed by atoms with Gasteiger partial charge in [0.1, 0.15) is 6.07 Å². The fraction of sp³-hybridized carbons (Fsp3) is 0.0308. The first-order valence-electron chi connectivity index (χ1n) is 23.7. The molecule has 3 aromatic heterocycles. The van der Waals surface area contributed by atoms with Crippen LogP contribution in [0.5, 0.6) is 0 Å². The van der Waals surface area contributed by atoms with Gasteiger partial charge in [0.15, 0.2) is 22.9 Å². The zero-order valence-electron chi connectivity index (χ0n) is 39.9. The lowest BCUT2D eigenvalue weighted by Gasteiger charge is -2.19. The van der Waals surface area contributed by atoms with Crippen molar-refractivity contribution in [3.63, 3.8) is 0 Å². The Labute approximate surface area is 426 Å². The number of aromatic nitrogens is 4. The minimum Gasteiger partial charge on any atom is -0.308 e. The average molecular weight is 944 g/mol. The molecule has 0 amide bonds. The molecule has 0 aliphatic carbocycles. The summed E-state index contributed by atoms with van der Waals surface area (Å²) in [6.45, 7) is 26.6. The largest absolute Gasteiger partial charge is 0.308 e. The molecule has 0 N–H and O–H groups in total. The van der Waals surface area contributed by atoms with Gasteiger partial charge in [0.25, 0.3) is 0 Å². The third-order valence-electron chi connectivity index (χ3n) is 13.8. The molecule has 74 heavy (non-hydrogen) atoms. The summed E-state index contributed by atoms with van der Waals surface area (Å²) in [6, 6.07) is 66.7. The Kier molecular flexibility index (Phi) is 10.7. The van der Waals surface area contributed by atoms with Gasteiger partial charge >= 0.3 is 0 Å². The molecule has 0 aliphatic heterocycles. The van der Waals surface area contributed by atoms with Gasteiger partial charge in [0.2, 0.25) is 0 Å². The molecule has 0 saturated carbocycles. The molecule has 9 aromatic carbocycles. The van der Waals surface area contributed by atoms with Gasteiger partial charge in [0, 0.05) is 38.5 Å². The molecular weight excluding hydrogens is 907 g/mol. The van der Waals surface area contributed by atoms with E-state index in [1.807, 2.05) is 123 Å². The SMILES string of the molecule is [C-]#[N+]c1ccc(-c2ccc3c4ccc(-c5ccc([N+]#[C-])cc5)cc4n(-c4cc(-c5nc(C)cc(C)n5)c(-n5c6cc(-c7ccc(C#N)cc7)ccc6c6ccc(-c7ccc([N+]#[C-])cc7)cc65)cc4C#N)c3c2)cc1. The molecule has 0 spiro atoms. The molecule has 0 bridgehead atoms. The van der Waals surface area contributed by atoms with Crippen molar-refractivity contribution in [3.05, 3.63) is 245 Å². The normalized spacial score (nSPS) is 11.0. The highest BCUT2D eigenvalue weighted by atomic mass is 15.0. The van der Waals surface area contributed by atoms with E-state index >= 15 is 0 Å². The van der Waals surface area contributed by atoms with E-state index in [0.717, 1.165) is 99.5 Å². The number of nitrogens with zero attached hydrogens (tertiary/aromatic N) is 9. The quantitative estimate of drug-likeness (QED) is 0.149. The van der Waals surface area contributed by atoms with E-state index in [0.29, 0.717) is 51.0 Å². The number of nitriles is 2. The lowest BCUT2D eigenvalue weighted by molar-refractivity contribution is 1.05. The smallest absolute Gasteiger partial charge is 0.187 e. The number of hydrogen-bond donors (Lipinski definition) is 0. The number of benzene rings is 9. The first-order chi connectivity index (χ1) is 36.2. The van der Waals surface area contributed by atoms with Crippen molar-refractivity contribution >= 4 is 60.7 Å². The monoisotopic (exact) mass is 943 g/mol. The van der Waals surface area contributed by atoms with Gasteiger partial charge in [0.05, 0.1) is 70.4 Å². The van der Waals surface area contributed by atoms with Crippen molar-refractivity contribution < 1.29 is 0 Å². The van der Waals surface area contributed by atoms with Crippen LogP contribution in [0, 0.1) is 56.2 Å². The molecular formula is C65H37N9. The molecule has 0 aliphatic rings. The van der Waals surface area contributed by atoms with Crippen molar-refractivity contribution in [1.29, 1.82) is 10.5 Å². The van der Waals surface area contributed by atoms with E-state index in [1.54, 1.807) is 0 Å². The van der Waals surface area contributed by atoms with Gasteiger partial charge in [-0.1, -0.05) is 133 Å². The number of rotatable bonds is 7. The van der Waals surface area contributed by atoms with Gasteiger partial charge in [-0.15, -0.1) is 0 Å². The number of aryl methyl sites for hydroxylation is 2. The van der Waals surface area contributed by atoms with Gasteiger partial charge < -0.3 is 9.13 Å². The molecule has 12 aromatic rings. The predicted molar refractivity (Wildman–Crippen MR) is 296 cm³/mol. The minimum absolute atomic E-state index is 0.412. The summed E-state index contributed by atoms with van der Waals surface area (Å²) in [7, 11) is 0. The maximum Gasteiger partial charge on any atom is 0.187 e. The fourth-order valence-electron chi connectivity index (χ4n) is 10.3. The van der Waals surface area contributed by atoms with Gasteiger partial charge in [-0.3, -0.25) is 0 Å². The summed E-state index contributed by atoms with van der Waals surface area (Å²) < 4.78 is 4.39. The van der Waals surface area contributed by atoms with Crippen molar-refractivity contribution in [3.8, 4) is 79.4 Å². The number of fused-ring (bicyclic) bond motifs is 6. The van der Waals surface area contributed by atoms with E-state index in [1.165, 1.54) is 0 Å². The second-order valence-electron chi connectivity index (χ2n) is 18.2. The summed E-state index contributed by atoms with van der Waals surface area (Å²) in [6.07, 6.45) is 0. The average Bonchev–Trinajstić information content (AvgIpc) is 3.95. The van der Waals surface area contributed by atoms with E-state index in [2.05, 4.69) is 115 Å².